The van der Waals surface area contributed by atoms with Crippen molar-refractivity contribution < 1.29 is 18.4 Å². The first-order chi connectivity index (χ1) is 10.6. The van der Waals surface area contributed by atoms with Crippen LogP contribution in [0.4, 0.5) is 0 Å². The summed E-state index contributed by atoms with van der Waals surface area (Å²) in [5, 5.41) is 7.66. The van der Waals surface area contributed by atoms with Gasteiger partial charge in [0.1, 0.15) is 0 Å². The molecule has 0 fully saturated rings. The average molecular weight is 298 g/mol. The van der Waals surface area contributed by atoms with Crippen LogP contribution in [-0.2, 0) is 11.3 Å². The van der Waals surface area contributed by atoms with E-state index in [0.717, 1.165) is 11.1 Å². The summed E-state index contributed by atoms with van der Waals surface area (Å²) < 4.78 is 15.7. The summed E-state index contributed by atoms with van der Waals surface area (Å²) >= 11 is 0. The number of benzene rings is 1. The topological polar surface area (TPSA) is 78.4 Å². The molecule has 22 heavy (non-hydrogen) atoms. The molecule has 0 atom stereocenters. The summed E-state index contributed by atoms with van der Waals surface area (Å²) in [5.74, 6) is 0.520. The number of rotatable bonds is 4. The Balaban J connectivity index is 1.68. The normalized spacial score (nSPS) is 10.6. The second-order valence-electron chi connectivity index (χ2n) is 4.80. The quantitative estimate of drug-likeness (QED) is 0.688. The van der Waals surface area contributed by atoms with Crippen molar-refractivity contribution in [3.8, 4) is 11.7 Å². The van der Waals surface area contributed by atoms with E-state index < -0.39 is 5.97 Å². The number of esters is 1. The highest BCUT2D eigenvalue weighted by molar-refractivity contribution is 5.91. The van der Waals surface area contributed by atoms with Gasteiger partial charge in [0.15, 0.2) is 12.4 Å². The summed E-state index contributed by atoms with van der Waals surface area (Å²) in [5.41, 5.74) is 2.47. The molecule has 6 nitrogen and oxygen atoms in total. The molecule has 0 aliphatic heterocycles. The minimum absolute atomic E-state index is 0.0834. The van der Waals surface area contributed by atoms with Gasteiger partial charge < -0.3 is 13.6 Å². The van der Waals surface area contributed by atoms with Crippen LogP contribution in [0.1, 0.15) is 27.4 Å². The first kappa shape index (κ1) is 14.1. The van der Waals surface area contributed by atoms with Gasteiger partial charge in [-0.2, -0.15) is 0 Å². The van der Waals surface area contributed by atoms with E-state index in [-0.39, 0.29) is 18.4 Å². The predicted molar refractivity (Wildman–Crippen MR) is 77.0 cm³/mol. The lowest BCUT2D eigenvalue weighted by molar-refractivity contribution is 0.0437. The second kappa shape index (κ2) is 5.85. The Hall–Kier alpha value is -2.89. The molecule has 0 spiro atoms. The number of aryl methyl sites for hydroxylation is 1. The highest BCUT2D eigenvalue weighted by Gasteiger charge is 2.15. The van der Waals surface area contributed by atoms with E-state index in [1.54, 1.807) is 18.2 Å². The lowest BCUT2D eigenvalue weighted by atomic mass is 10.0. The van der Waals surface area contributed by atoms with Crippen molar-refractivity contribution in [2.45, 2.75) is 20.5 Å². The minimum atomic E-state index is -0.418. The third-order valence-corrected chi connectivity index (χ3v) is 3.35. The average Bonchev–Trinajstić information content (AvgIpc) is 3.18. The molecule has 0 N–H and O–H groups in total. The van der Waals surface area contributed by atoms with Gasteiger partial charge in [-0.1, -0.05) is 12.1 Å². The Labute approximate surface area is 126 Å². The monoisotopic (exact) mass is 298 g/mol. The summed E-state index contributed by atoms with van der Waals surface area (Å²) in [6, 6.07) is 8.92. The predicted octanol–water partition coefficient (Wildman–Crippen LogP) is 3.30. The molecule has 0 saturated heterocycles. The van der Waals surface area contributed by atoms with Crippen LogP contribution in [0.25, 0.3) is 11.7 Å². The number of nitrogens with zero attached hydrogens (tertiary/aromatic N) is 2. The largest absolute Gasteiger partial charge is 0.459 e. The van der Waals surface area contributed by atoms with Crippen LogP contribution in [0.3, 0.4) is 0 Å². The van der Waals surface area contributed by atoms with Gasteiger partial charge in [-0.15, -0.1) is 10.2 Å². The molecule has 3 rings (SSSR count). The van der Waals surface area contributed by atoms with E-state index in [2.05, 4.69) is 10.2 Å². The Morgan fingerprint density at radius 3 is 2.82 bits per heavy atom. The van der Waals surface area contributed by atoms with Crippen molar-refractivity contribution >= 4 is 5.97 Å². The molecule has 0 aliphatic carbocycles. The molecule has 0 radical (unpaired) electrons. The lowest BCUT2D eigenvalue weighted by Gasteiger charge is -2.07. The Kier molecular flexibility index (Phi) is 3.74. The maximum Gasteiger partial charge on any atom is 0.338 e. The Morgan fingerprint density at radius 1 is 1.18 bits per heavy atom. The van der Waals surface area contributed by atoms with E-state index in [4.69, 9.17) is 13.6 Å². The van der Waals surface area contributed by atoms with Gasteiger partial charge in [-0.05, 0) is 43.2 Å². The summed E-state index contributed by atoms with van der Waals surface area (Å²) in [6.07, 6.45) is 1.51. The third kappa shape index (κ3) is 2.76. The molecule has 0 unspecified atom stereocenters. The van der Waals surface area contributed by atoms with Crippen LogP contribution in [0.2, 0.25) is 0 Å². The van der Waals surface area contributed by atoms with Crippen LogP contribution < -0.4 is 0 Å². The SMILES string of the molecule is Cc1cccc(C(=O)OCc2nnc(-c3ccco3)o2)c1C. The maximum absolute atomic E-state index is 12.1. The van der Waals surface area contributed by atoms with Gasteiger partial charge in [0.25, 0.3) is 11.8 Å². The van der Waals surface area contributed by atoms with E-state index in [1.165, 1.54) is 6.26 Å². The van der Waals surface area contributed by atoms with Crippen molar-refractivity contribution in [3.63, 3.8) is 0 Å². The number of hydrogen-bond acceptors (Lipinski definition) is 6. The number of hydrogen-bond donors (Lipinski definition) is 0. The zero-order valence-corrected chi connectivity index (χ0v) is 12.2. The van der Waals surface area contributed by atoms with E-state index in [9.17, 15) is 4.79 Å². The lowest BCUT2D eigenvalue weighted by Crippen LogP contribution is -2.08. The van der Waals surface area contributed by atoms with Crippen LogP contribution >= 0.6 is 0 Å². The number of ether oxygens (including phenoxy) is 1. The standard InChI is InChI=1S/C16H14N2O4/c1-10-5-3-6-12(11(10)2)16(19)21-9-14-17-18-15(22-14)13-7-4-8-20-13/h3-8H,9H2,1-2H3. The second-order valence-corrected chi connectivity index (χ2v) is 4.80. The first-order valence-corrected chi connectivity index (χ1v) is 6.75. The Morgan fingerprint density at radius 2 is 2.05 bits per heavy atom. The molecule has 0 bridgehead atoms. The highest BCUT2D eigenvalue weighted by atomic mass is 16.5. The van der Waals surface area contributed by atoms with Gasteiger partial charge in [-0.3, -0.25) is 0 Å². The van der Waals surface area contributed by atoms with Crippen LogP contribution in [0, 0.1) is 13.8 Å². The number of carbonyl (C=O) groups excluding carboxylic acids is 1. The van der Waals surface area contributed by atoms with E-state index in [0.29, 0.717) is 11.3 Å². The molecule has 3 aromatic rings. The summed E-state index contributed by atoms with van der Waals surface area (Å²) in [4.78, 5) is 12.1. The molecule has 2 aromatic heterocycles. The molecule has 0 amide bonds. The first-order valence-electron chi connectivity index (χ1n) is 6.75. The van der Waals surface area contributed by atoms with Crippen molar-refractivity contribution in [1.29, 1.82) is 0 Å². The van der Waals surface area contributed by atoms with Crippen molar-refractivity contribution in [2.75, 3.05) is 0 Å². The zero-order valence-electron chi connectivity index (χ0n) is 12.2. The molecule has 0 aliphatic rings. The fourth-order valence-corrected chi connectivity index (χ4v) is 1.99. The maximum atomic E-state index is 12.1. The van der Waals surface area contributed by atoms with E-state index in [1.807, 2.05) is 26.0 Å². The van der Waals surface area contributed by atoms with Gasteiger partial charge >= 0.3 is 5.97 Å². The smallest absolute Gasteiger partial charge is 0.338 e. The third-order valence-electron chi connectivity index (χ3n) is 3.35. The Bertz CT molecular complexity index is 790. The zero-order chi connectivity index (χ0) is 15.5. The fourth-order valence-electron chi connectivity index (χ4n) is 1.99. The van der Waals surface area contributed by atoms with Gasteiger partial charge in [0.2, 0.25) is 0 Å². The van der Waals surface area contributed by atoms with Crippen molar-refractivity contribution in [1.82, 2.24) is 10.2 Å². The van der Waals surface area contributed by atoms with Gasteiger partial charge in [0.05, 0.1) is 11.8 Å². The minimum Gasteiger partial charge on any atom is -0.459 e. The molecule has 0 saturated carbocycles. The fraction of sp³-hybridized carbons (Fsp3) is 0.188. The molecule has 112 valence electrons. The number of aromatic nitrogens is 2. The molecular formula is C16H14N2O4. The van der Waals surface area contributed by atoms with Crippen molar-refractivity contribution in [2.24, 2.45) is 0 Å². The number of furan rings is 1. The van der Waals surface area contributed by atoms with Crippen LogP contribution in [-0.4, -0.2) is 16.2 Å². The van der Waals surface area contributed by atoms with E-state index >= 15 is 0 Å². The van der Waals surface area contributed by atoms with Crippen LogP contribution in [0.15, 0.2) is 45.4 Å². The summed E-state index contributed by atoms with van der Waals surface area (Å²) in [6.45, 7) is 3.74. The van der Waals surface area contributed by atoms with Crippen LogP contribution in [0.5, 0.6) is 0 Å². The highest BCUT2D eigenvalue weighted by Crippen LogP contribution is 2.19. The summed E-state index contributed by atoms with van der Waals surface area (Å²) in [7, 11) is 0. The molecule has 2 heterocycles. The molecule has 6 heteroatoms. The molecular weight excluding hydrogens is 284 g/mol. The van der Waals surface area contributed by atoms with Gasteiger partial charge in [0, 0.05) is 0 Å². The van der Waals surface area contributed by atoms with Crippen molar-refractivity contribution in [3.05, 3.63) is 59.2 Å². The van der Waals surface area contributed by atoms with Gasteiger partial charge in [-0.25, -0.2) is 4.79 Å². The number of carbonyl (C=O) groups is 1. The molecule has 1 aromatic carbocycles.